The molecule has 1 aromatic carbocycles. The first-order chi connectivity index (χ1) is 9.97. The van der Waals surface area contributed by atoms with E-state index in [0.29, 0.717) is 17.3 Å². The lowest BCUT2D eigenvalue weighted by Crippen LogP contribution is -1.97. The van der Waals surface area contributed by atoms with Gasteiger partial charge in [-0.15, -0.1) is 0 Å². The van der Waals surface area contributed by atoms with Gasteiger partial charge in [-0.1, -0.05) is 31.9 Å². The fourth-order valence-corrected chi connectivity index (χ4v) is 3.28. The molecule has 2 rings (SSSR count). The first-order valence-corrected chi connectivity index (χ1v) is 7.48. The van der Waals surface area contributed by atoms with E-state index in [9.17, 15) is 10.1 Å². The first kappa shape index (κ1) is 15.8. The maximum atomic E-state index is 10.7. The molecule has 1 aromatic heterocycles. The maximum Gasteiger partial charge on any atom is 0.433 e. The van der Waals surface area contributed by atoms with Gasteiger partial charge in [0.25, 0.3) is 0 Å². The number of nitro groups is 1. The lowest BCUT2D eigenvalue weighted by molar-refractivity contribution is -0.402. The van der Waals surface area contributed by atoms with Crippen LogP contribution in [0.1, 0.15) is 16.2 Å². The standard InChI is InChI=1S/C13H11Br2NO5/c1-19-10-5-7(8(14)6-11(10)20-2)13(15)9-3-4-12(21-9)16(17)18/h3-6,13H,1-2H3. The first-order valence-electron chi connectivity index (χ1n) is 5.77. The highest BCUT2D eigenvalue weighted by molar-refractivity contribution is 9.11. The molecular weight excluding hydrogens is 410 g/mol. The van der Waals surface area contributed by atoms with Crippen molar-refractivity contribution in [3.63, 3.8) is 0 Å². The monoisotopic (exact) mass is 419 g/mol. The number of alkyl halides is 1. The molecule has 0 N–H and O–H groups in total. The zero-order valence-corrected chi connectivity index (χ0v) is 14.3. The smallest absolute Gasteiger partial charge is 0.433 e. The van der Waals surface area contributed by atoms with Gasteiger partial charge >= 0.3 is 5.88 Å². The minimum absolute atomic E-state index is 0.300. The highest BCUT2D eigenvalue weighted by Crippen LogP contribution is 2.42. The normalized spacial score (nSPS) is 12.0. The molecule has 0 aliphatic carbocycles. The van der Waals surface area contributed by atoms with Crippen molar-refractivity contribution in [2.24, 2.45) is 0 Å². The molecule has 0 aliphatic heterocycles. The van der Waals surface area contributed by atoms with E-state index in [1.54, 1.807) is 25.3 Å². The molecule has 6 nitrogen and oxygen atoms in total. The Morgan fingerprint density at radius 2 is 1.86 bits per heavy atom. The van der Waals surface area contributed by atoms with Crippen molar-refractivity contribution in [2.75, 3.05) is 14.2 Å². The quantitative estimate of drug-likeness (QED) is 0.405. The second kappa shape index (κ2) is 6.48. The van der Waals surface area contributed by atoms with Gasteiger partial charge in [-0.3, -0.25) is 10.1 Å². The number of benzene rings is 1. The van der Waals surface area contributed by atoms with Crippen LogP contribution in [0, 0.1) is 10.1 Å². The number of hydrogen-bond donors (Lipinski definition) is 0. The van der Waals surface area contributed by atoms with Gasteiger partial charge in [0.05, 0.1) is 25.1 Å². The number of rotatable bonds is 5. The molecule has 1 heterocycles. The van der Waals surface area contributed by atoms with Gasteiger partial charge in [-0.25, -0.2) is 0 Å². The van der Waals surface area contributed by atoms with Gasteiger partial charge in [0, 0.05) is 4.47 Å². The molecule has 0 bridgehead atoms. The third kappa shape index (κ3) is 3.21. The summed E-state index contributed by atoms with van der Waals surface area (Å²) in [6, 6.07) is 6.41. The summed E-state index contributed by atoms with van der Waals surface area (Å²) < 4.78 is 16.4. The molecule has 0 saturated carbocycles. The average molecular weight is 421 g/mol. The summed E-state index contributed by atoms with van der Waals surface area (Å²) in [4.78, 5) is 9.74. The Morgan fingerprint density at radius 3 is 2.38 bits per heavy atom. The van der Waals surface area contributed by atoms with Crippen LogP contribution in [0.2, 0.25) is 0 Å². The lowest BCUT2D eigenvalue weighted by atomic mass is 10.1. The minimum atomic E-state index is -0.577. The third-order valence-corrected chi connectivity index (χ3v) is 4.45. The molecule has 0 amide bonds. The van der Waals surface area contributed by atoms with E-state index >= 15 is 0 Å². The van der Waals surface area contributed by atoms with Crippen LogP contribution in [0.15, 0.2) is 33.2 Å². The van der Waals surface area contributed by atoms with Crippen LogP contribution >= 0.6 is 31.9 Å². The molecule has 0 radical (unpaired) electrons. The van der Waals surface area contributed by atoms with Crippen LogP contribution < -0.4 is 9.47 Å². The molecule has 21 heavy (non-hydrogen) atoms. The number of nitrogens with zero attached hydrogens (tertiary/aromatic N) is 1. The average Bonchev–Trinajstić information content (AvgIpc) is 2.96. The second-order valence-corrected chi connectivity index (χ2v) is 5.79. The van der Waals surface area contributed by atoms with E-state index in [0.717, 1.165) is 10.0 Å². The van der Waals surface area contributed by atoms with Crippen LogP contribution in [0.5, 0.6) is 11.5 Å². The van der Waals surface area contributed by atoms with Crippen molar-refractivity contribution in [1.82, 2.24) is 0 Å². The largest absolute Gasteiger partial charge is 0.493 e. The van der Waals surface area contributed by atoms with Crippen molar-refractivity contribution in [2.45, 2.75) is 4.83 Å². The van der Waals surface area contributed by atoms with E-state index in [2.05, 4.69) is 31.9 Å². The van der Waals surface area contributed by atoms with Gasteiger partial charge in [-0.2, -0.15) is 0 Å². The Hall–Kier alpha value is -1.54. The second-order valence-electron chi connectivity index (χ2n) is 4.02. The molecule has 0 fully saturated rings. The Labute approximate surface area is 137 Å². The number of ether oxygens (including phenoxy) is 2. The summed E-state index contributed by atoms with van der Waals surface area (Å²) in [7, 11) is 3.09. The predicted octanol–water partition coefficient (Wildman–Crippen LogP) is 4.45. The highest BCUT2D eigenvalue weighted by atomic mass is 79.9. The Bertz CT molecular complexity index is 671. The molecule has 1 unspecified atom stereocenters. The number of methoxy groups -OCH3 is 2. The fourth-order valence-electron chi connectivity index (χ4n) is 1.79. The summed E-state index contributed by atoms with van der Waals surface area (Å²) in [6.45, 7) is 0. The molecule has 2 aromatic rings. The van der Waals surface area contributed by atoms with E-state index in [1.165, 1.54) is 13.2 Å². The molecule has 1 atom stereocenters. The van der Waals surface area contributed by atoms with E-state index in [1.807, 2.05) is 0 Å². The van der Waals surface area contributed by atoms with Crippen molar-refractivity contribution >= 4 is 37.7 Å². The van der Waals surface area contributed by atoms with Gasteiger partial charge < -0.3 is 13.9 Å². The van der Waals surface area contributed by atoms with Gasteiger partial charge in [0.15, 0.2) is 11.5 Å². The zero-order chi connectivity index (χ0) is 15.6. The summed E-state index contributed by atoms with van der Waals surface area (Å²) in [5.74, 6) is 1.26. The summed E-state index contributed by atoms with van der Waals surface area (Å²) in [5.41, 5.74) is 0.803. The molecule has 8 heteroatoms. The topological polar surface area (TPSA) is 74.7 Å². The van der Waals surface area contributed by atoms with Crippen LogP contribution in [0.4, 0.5) is 5.88 Å². The van der Waals surface area contributed by atoms with E-state index in [-0.39, 0.29) is 10.7 Å². The molecule has 0 saturated heterocycles. The van der Waals surface area contributed by atoms with Crippen LogP contribution in [0.25, 0.3) is 0 Å². The van der Waals surface area contributed by atoms with Gasteiger partial charge in [0.2, 0.25) is 0 Å². The van der Waals surface area contributed by atoms with Crippen molar-refractivity contribution in [3.8, 4) is 11.5 Å². The Kier molecular flexibility index (Phi) is 4.89. The Morgan fingerprint density at radius 1 is 1.24 bits per heavy atom. The Balaban J connectivity index is 2.42. The minimum Gasteiger partial charge on any atom is -0.493 e. The summed E-state index contributed by atoms with van der Waals surface area (Å²) >= 11 is 6.92. The van der Waals surface area contributed by atoms with Crippen LogP contribution in [-0.2, 0) is 0 Å². The SMILES string of the molecule is COc1cc(Br)c(C(Br)c2ccc([N+](=O)[O-])o2)cc1OC. The number of halogens is 2. The summed E-state index contributed by atoms with van der Waals surface area (Å²) in [5, 5.41) is 10.7. The number of furan rings is 1. The van der Waals surface area contributed by atoms with Crippen molar-refractivity contribution in [1.29, 1.82) is 0 Å². The molecule has 0 spiro atoms. The predicted molar refractivity (Wildman–Crippen MR) is 83.4 cm³/mol. The van der Waals surface area contributed by atoms with Crippen molar-refractivity contribution < 1.29 is 18.8 Å². The fraction of sp³-hybridized carbons (Fsp3) is 0.231. The molecule has 0 aliphatic rings. The summed E-state index contributed by atoms with van der Waals surface area (Å²) in [6.07, 6.45) is 0. The van der Waals surface area contributed by atoms with Crippen LogP contribution in [0.3, 0.4) is 0 Å². The maximum absolute atomic E-state index is 10.7. The number of hydrogen-bond acceptors (Lipinski definition) is 5. The molecular formula is C13H11Br2NO5. The van der Waals surface area contributed by atoms with E-state index in [4.69, 9.17) is 13.9 Å². The zero-order valence-electron chi connectivity index (χ0n) is 11.1. The van der Waals surface area contributed by atoms with Gasteiger partial charge in [-0.05, 0) is 23.8 Å². The van der Waals surface area contributed by atoms with Crippen LogP contribution in [-0.4, -0.2) is 19.1 Å². The van der Waals surface area contributed by atoms with E-state index < -0.39 is 4.92 Å². The van der Waals surface area contributed by atoms with Gasteiger partial charge in [0.1, 0.15) is 10.7 Å². The third-order valence-electron chi connectivity index (χ3n) is 2.82. The lowest BCUT2D eigenvalue weighted by Gasteiger charge is -2.14. The van der Waals surface area contributed by atoms with Crippen molar-refractivity contribution in [3.05, 3.63) is 50.2 Å². The highest BCUT2D eigenvalue weighted by Gasteiger charge is 2.22. The molecule has 112 valence electrons.